The van der Waals surface area contributed by atoms with E-state index >= 15 is 0 Å². The van der Waals surface area contributed by atoms with Crippen molar-refractivity contribution in [2.45, 2.75) is 19.8 Å². The lowest BCUT2D eigenvalue weighted by atomic mass is 10.1. The summed E-state index contributed by atoms with van der Waals surface area (Å²) in [6.45, 7) is 1.97. The van der Waals surface area contributed by atoms with E-state index in [9.17, 15) is 14.0 Å². The molecule has 0 fully saturated rings. The third kappa shape index (κ3) is 5.50. The van der Waals surface area contributed by atoms with Crippen molar-refractivity contribution in [1.82, 2.24) is 4.90 Å². The third-order valence-corrected chi connectivity index (χ3v) is 2.64. The quantitative estimate of drug-likeness (QED) is 0.738. The lowest BCUT2D eigenvalue weighted by Gasteiger charge is -2.15. The normalized spacial score (nSPS) is 10.1. The van der Waals surface area contributed by atoms with E-state index in [2.05, 4.69) is 0 Å². The van der Waals surface area contributed by atoms with Gasteiger partial charge in [-0.1, -0.05) is 12.1 Å². The Bertz CT molecular complexity index is 431. The molecular formula is C14H18FNO3. The van der Waals surface area contributed by atoms with Crippen LogP contribution in [0, 0.1) is 5.82 Å². The van der Waals surface area contributed by atoms with Crippen LogP contribution in [0.1, 0.15) is 18.9 Å². The van der Waals surface area contributed by atoms with Crippen LogP contribution in [0.4, 0.5) is 4.39 Å². The van der Waals surface area contributed by atoms with E-state index in [1.807, 2.05) is 0 Å². The molecule has 0 saturated carbocycles. The average Bonchev–Trinajstić information content (AvgIpc) is 2.37. The van der Waals surface area contributed by atoms with Gasteiger partial charge >= 0.3 is 5.97 Å². The molecule has 4 nitrogen and oxygen atoms in total. The Balaban J connectivity index is 2.38. The maximum atomic E-state index is 12.7. The minimum Gasteiger partial charge on any atom is -0.465 e. The SMILES string of the molecule is CCOC(=O)CN(C)C(=O)CCc1ccc(F)cc1. The largest absolute Gasteiger partial charge is 0.465 e. The zero-order valence-corrected chi connectivity index (χ0v) is 11.2. The Morgan fingerprint density at radius 1 is 1.26 bits per heavy atom. The van der Waals surface area contributed by atoms with Crippen molar-refractivity contribution in [1.29, 1.82) is 0 Å². The van der Waals surface area contributed by atoms with Crippen molar-refractivity contribution in [2.24, 2.45) is 0 Å². The van der Waals surface area contributed by atoms with Crippen LogP contribution in [-0.2, 0) is 20.7 Å². The molecule has 0 aliphatic carbocycles. The second kappa shape index (κ2) is 7.51. The molecule has 0 N–H and O–H groups in total. The molecule has 0 aliphatic rings. The van der Waals surface area contributed by atoms with Crippen molar-refractivity contribution in [3.63, 3.8) is 0 Å². The Labute approximate surface area is 112 Å². The van der Waals surface area contributed by atoms with Crippen LogP contribution in [0.3, 0.4) is 0 Å². The highest BCUT2D eigenvalue weighted by Crippen LogP contribution is 2.06. The molecule has 0 aromatic heterocycles. The summed E-state index contributed by atoms with van der Waals surface area (Å²) in [6, 6.07) is 6.02. The topological polar surface area (TPSA) is 46.6 Å². The summed E-state index contributed by atoms with van der Waals surface area (Å²) in [4.78, 5) is 24.3. The van der Waals surface area contributed by atoms with Crippen LogP contribution in [0.15, 0.2) is 24.3 Å². The standard InChI is InChI=1S/C14H18FNO3/c1-3-19-14(18)10-16(2)13(17)9-6-11-4-7-12(15)8-5-11/h4-5,7-8H,3,6,9-10H2,1-2H3. The van der Waals surface area contributed by atoms with Gasteiger partial charge in [0.15, 0.2) is 0 Å². The molecule has 19 heavy (non-hydrogen) atoms. The van der Waals surface area contributed by atoms with E-state index in [4.69, 9.17) is 4.74 Å². The summed E-state index contributed by atoms with van der Waals surface area (Å²) in [6.07, 6.45) is 0.799. The van der Waals surface area contributed by atoms with Crippen molar-refractivity contribution >= 4 is 11.9 Å². The number of nitrogens with zero attached hydrogens (tertiary/aromatic N) is 1. The fourth-order valence-corrected chi connectivity index (χ4v) is 1.58. The Morgan fingerprint density at radius 3 is 2.47 bits per heavy atom. The molecule has 0 heterocycles. The van der Waals surface area contributed by atoms with Crippen molar-refractivity contribution in [2.75, 3.05) is 20.2 Å². The summed E-state index contributed by atoms with van der Waals surface area (Å²) in [5.74, 6) is -0.855. The van der Waals surface area contributed by atoms with Crippen LogP contribution < -0.4 is 0 Å². The van der Waals surface area contributed by atoms with Gasteiger partial charge in [-0.2, -0.15) is 0 Å². The van der Waals surface area contributed by atoms with Gasteiger partial charge in [-0.3, -0.25) is 9.59 Å². The second-order valence-corrected chi connectivity index (χ2v) is 4.18. The predicted octanol–water partition coefficient (Wildman–Crippen LogP) is 1.78. The lowest BCUT2D eigenvalue weighted by molar-refractivity contribution is -0.148. The van der Waals surface area contributed by atoms with Gasteiger partial charge in [-0.05, 0) is 31.0 Å². The second-order valence-electron chi connectivity index (χ2n) is 4.18. The highest BCUT2D eigenvalue weighted by Gasteiger charge is 2.13. The van der Waals surface area contributed by atoms with E-state index < -0.39 is 5.97 Å². The number of amides is 1. The van der Waals surface area contributed by atoms with Gasteiger partial charge in [0.25, 0.3) is 0 Å². The zero-order chi connectivity index (χ0) is 14.3. The number of likely N-dealkylation sites (N-methyl/N-ethyl adjacent to an activating group) is 1. The third-order valence-electron chi connectivity index (χ3n) is 2.64. The van der Waals surface area contributed by atoms with Gasteiger partial charge in [0, 0.05) is 13.5 Å². The fraction of sp³-hybridized carbons (Fsp3) is 0.429. The monoisotopic (exact) mass is 267 g/mol. The molecule has 0 unspecified atom stereocenters. The molecular weight excluding hydrogens is 249 g/mol. The van der Waals surface area contributed by atoms with Crippen LogP contribution in [0.5, 0.6) is 0 Å². The number of esters is 1. The lowest BCUT2D eigenvalue weighted by Crippen LogP contribution is -2.33. The van der Waals surface area contributed by atoms with Crippen LogP contribution in [0.2, 0.25) is 0 Å². The smallest absolute Gasteiger partial charge is 0.325 e. The molecule has 104 valence electrons. The molecule has 0 aliphatic heterocycles. The highest BCUT2D eigenvalue weighted by molar-refractivity contribution is 5.81. The van der Waals surface area contributed by atoms with Crippen molar-refractivity contribution < 1.29 is 18.7 Å². The number of rotatable bonds is 6. The zero-order valence-electron chi connectivity index (χ0n) is 11.2. The van der Waals surface area contributed by atoms with Crippen LogP contribution in [0.25, 0.3) is 0 Å². The first-order valence-electron chi connectivity index (χ1n) is 6.17. The summed E-state index contributed by atoms with van der Waals surface area (Å²) < 4.78 is 17.5. The molecule has 1 aromatic carbocycles. The summed E-state index contributed by atoms with van der Waals surface area (Å²) >= 11 is 0. The number of halogens is 1. The number of ether oxygens (including phenoxy) is 1. The van der Waals surface area contributed by atoms with E-state index in [1.165, 1.54) is 17.0 Å². The van der Waals surface area contributed by atoms with E-state index in [0.29, 0.717) is 13.0 Å². The fourth-order valence-electron chi connectivity index (χ4n) is 1.58. The van der Waals surface area contributed by atoms with E-state index in [1.54, 1.807) is 26.1 Å². The first-order valence-corrected chi connectivity index (χ1v) is 6.17. The maximum Gasteiger partial charge on any atom is 0.325 e. The first kappa shape index (κ1) is 15.1. The van der Waals surface area contributed by atoms with E-state index in [-0.39, 0.29) is 24.7 Å². The van der Waals surface area contributed by atoms with Crippen LogP contribution in [-0.4, -0.2) is 37.0 Å². The first-order chi connectivity index (χ1) is 9.02. The molecule has 0 radical (unpaired) electrons. The van der Waals surface area contributed by atoms with Crippen molar-refractivity contribution in [3.05, 3.63) is 35.6 Å². The highest BCUT2D eigenvalue weighted by atomic mass is 19.1. The molecule has 0 atom stereocenters. The minimum absolute atomic E-state index is 0.0455. The van der Waals surface area contributed by atoms with Gasteiger partial charge in [0.2, 0.25) is 5.91 Å². The van der Waals surface area contributed by atoms with Crippen LogP contribution >= 0.6 is 0 Å². The molecule has 0 bridgehead atoms. The van der Waals surface area contributed by atoms with Crippen molar-refractivity contribution in [3.8, 4) is 0 Å². The molecule has 1 amide bonds. The molecule has 0 saturated heterocycles. The Morgan fingerprint density at radius 2 is 1.89 bits per heavy atom. The number of hydrogen-bond acceptors (Lipinski definition) is 3. The number of benzene rings is 1. The summed E-state index contributed by atoms with van der Waals surface area (Å²) in [5.41, 5.74) is 0.888. The number of hydrogen-bond donors (Lipinski definition) is 0. The Kier molecular flexibility index (Phi) is 5.99. The predicted molar refractivity (Wildman–Crippen MR) is 69.0 cm³/mol. The Hall–Kier alpha value is -1.91. The van der Waals surface area contributed by atoms with E-state index in [0.717, 1.165) is 5.56 Å². The van der Waals surface area contributed by atoms with Gasteiger partial charge < -0.3 is 9.64 Å². The number of carbonyl (C=O) groups excluding carboxylic acids is 2. The van der Waals surface area contributed by atoms with Gasteiger partial charge in [0.05, 0.1) is 6.61 Å². The number of aryl methyl sites for hydroxylation is 1. The molecule has 1 aromatic rings. The number of carbonyl (C=O) groups is 2. The minimum atomic E-state index is -0.417. The maximum absolute atomic E-state index is 12.7. The molecule has 0 spiro atoms. The molecule has 5 heteroatoms. The van der Waals surface area contributed by atoms with Gasteiger partial charge in [-0.25, -0.2) is 4.39 Å². The average molecular weight is 267 g/mol. The van der Waals surface area contributed by atoms with Gasteiger partial charge in [-0.15, -0.1) is 0 Å². The van der Waals surface area contributed by atoms with Gasteiger partial charge in [0.1, 0.15) is 12.4 Å². The summed E-state index contributed by atoms with van der Waals surface area (Å²) in [7, 11) is 1.56. The summed E-state index contributed by atoms with van der Waals surface area (Å²) in [5, 5.41) is 0. The molecule has 1 rings (SSSR count).